The molecule has 31 heavy (non-hydrogen) atoms. The zero-order valence-electron chi connectivity index (χ0n) is 17.9. The number of benzene rings is 2. The number of carbonyl (C=O) groups excluding carboxylic acids is 1. The zero-order chi connectivity index (χ0) is 22.4. The lowest BCUT2D eigenvalue weighted by Crippen LogP contribution is -2.30. The SMILES string of the molecule is C/N=C\c1ccc2c3c([nH]c2c1)C(C)(C)c1cc(OCCNS(C)(=O)=O)ccc1C3=O. The Morgan fingerprint density at radius 3 is 2.68 bits per heavy atom. The van der Waals surface area contributed by atoms with Crippen molar-refractivity contribution in [3.05, 3.63) is 64.3 Å². The van der Waals surface area contributed by atoms with Crippen LogP contribution in [-0.2, 0) is 15.4 Å². The van der Waals surface area contributed by atoms with Crippen molar-refractivity contribution in [2.45, 2.75) is 19.3 Å². The Labute approximate surface area is 181 Å². The summed E-state index contributed by atoms with van der Waals surface area (Å²) in [6.45, 7) is 4.53. The van der Waals surface area contributed by atoms with Crippen LogP contribution in [0.15, 0.2) is 41.4 Å². The van der Waals surface area contributed by atoms with Crippen LogP contribution in [-0.4, -0.2) is 51.9 Å². The third-order valence-electron chi connectivity index (χ3n) is 5.60. The Morgan fingerprint density at radius 2 is 1.97 bits per heavy atom. The Hall–Kier alpha value is -2.97. The average Bonchev–Trinajstić information content (AvgIpc) is 3.09. The van der Waals surface area contributed by atoms with Crippen molar-refractivity contribution >= 4 is 32.9 Å². The number of nitrogens with one attached hydrogen (secondary N) is 2. The van der Waals surface area contributed by atoms with Crippen molar-refractivity contribution in [1.82, 2.24) is 9.71 Å². The van der Waals surface area contributed by atoms with E-state index >= 15 is 0 Å². The Morgan fingerprint density at radius 1 is 1.19 bits per heavy atom. The normalized spacial score (nSPS) is 15.3. The summed E-state index contributed by atoms with van der Waals surface area (Å²) in [6.07, 6.45) is 2.89. The molecule has 0 saturated heterocycles. The van der Waals surface area contributed by atoms with E-state index in [9.17, 15) is 13.2 Å². The van der Waals surface area contributed by atoms with E-state index in [4.69, 9.17) is 4.74 Å². The first-order valence-electron chi connectivity index (χ1n) is 9.97. The highest BCUT2D eigenvalue weighted by molar-refractivity contribution is 7.88. The molecule has 0 fully saturated rings. The molecule has 0 radical (unpaired) electrons. The second-order valence-electron chi connectivity index (χ2n) is 8.24. The van der Waals surface area contributed by atoms with E-state index in [0.717, 1.165) is 34.0 Å². The molecule has 2 N–H and O–H groups in total. The first-order valence-corrected chi connectivity index (χ1v) is 11.9. The number of sulfonamides is 1. The molecule has 1 aromatic heterocycles. The summed E-state index contributed by atoms with van der Waals surface area (Å²) in [6, 6.07) is 11.3. The number of ketones is 1. The molecule has 0 aliphatic heterocycles. The van der Waals surface area contributed by atoms with Crippen LogP contribution in [0.2, 0.25) is 0 Å². The maximum atomic E-state index is 13.4. The molecule has 8 heteroatoms. The number of aliphatic imine (C=N–C) groups is 1. The first-order chi connectivity index (χ1) is 14.6. The summed E-state index contributed by atoms with van der Waals surface area (Å²) >= 11 is 0. The van der Waals surface area contributed by atoms with E-state index in [2.05, 4.69) is 28.5 Å². The van der Waals surface area contributed by atoms with E-state index in [1.165, 1.54) is 0 Å². The first kappa shape index (κ1) is 21.3. The summed E-state index contributed by atoms with van der Waals surface area (Å²) in [5.74, 6) is 0.578. The number of rotatable bonds is 6. The molecule has 0 spiro atoms. The molecule has 0 unspecified atom stereocenters. The lowest BCUT2D eigenvalue weighted by Gasteiger charge is -2.32. The van der Waals surface area contributed by atoms with Gasteiger partial charge in [-0.15, -0.1) is 0 Å². The van der Waals surface area contributed by atoms with Gasteiger partial charge < -0.3 is 9.72 Å². The van der Waals surface area contributed by atoms with Crippen LogP contribution in [0.4, 0.5) is 0 Å². The number of hydrogen-bond donors (Lipinski definition) is 2. The molecule has 1 aliphatic carbocycles. The average molecular weight is 440 g/mol. The molecule has 0 atom stereocenters. The highest BCUT2D eigenvalue weighted by atomic mass is 32.2. The second-order valence-corrected chi connectivity index (χ2v) is 10.1. The van der Waals surface area contributed by atoms with E-state index in [-0.39, 0.29) is 18.9 Å². The van der Waals surface area contributed by atoms with Gasteiger partial charge in [0, 0.05) is 47.4 Å². The summed E-state index contributed by atoms with van der Waals surface area (Å²) < 4.78 is 30.5. The van der Waals surface area contributed by atoms with Gasteiger partial charge >= 0.3 is 0 Å². The largest absolute Gasteiger partial charge is 0.492 e. The molecular weight excluding hydrogens is 414 g/mol. The molecule has 4 rings (SSSR count). The van der Waals surface area contributed by atoms with Crippen LogP contribution < -0.4 is 9.46 Å². The van der Waals surface area contributed by atoms with Gasteiger partial charge in [-0.1, -0.05) is 26.0 Å². The lowest BCUT2D eigenvalue weighted by molar-refractivity contribution is 0.103. The fourth-order valence-electron chi connectivity index (χ4n) is 4.14. The van der Waals surface area contributed by atoms with Gasteiger partial charge in [0.05, 0.1) is 11.8 Å². The van der Waals surface area contributed by atoms with Crippen LogP contribution in [0.1, 0.15) is 46.6 Å². The molecule has 0 saturated carbocycles. The monoisotopic (exact) mass is 439 g/mol. The number of fused-ring (bicyclic) bond motifs is 4. The van der Waals surface area contributed by atoms with Gasteiger partial charge in [-0.3, -0.25) is 9.79 Å². The van der Waals surface area contributed by atoms with Crippen LogP contribution in [0.25, 0.3) is 10.9 Å². The maximum absolute atomic E-state index is 13.4. The molecule has 162 valence electrons. The van der Waals surface area contributed by atoms with Crippen molar-refractivity contribution in [3.8, 4) is 5.75 Å². The standard InChI is InChI=1S/C23H25N3O4S/c1-23(2)18-12-15(30-10-9-25-31(4,28)29)6-8-16(18)21(27)20-17-7-5-14(13-24-3)11-19(17)26-22(20)23/h5-8,11-13,25-26H,9-10H2,1-4H3/b24-13-. The fourth-order valence-corrected chi connectivity index (χ4v) is 4.60. The van der Waals surface area contributed by atoms with E-state index < -0.39 is 15.4 Å². The Kier molecular flexibility index (Phi) is 5.23. The van der Waals surface area contributed by atoms with Crippen LogP contribution in [0.5, 0.6) is 5.75 Å². The Balaban J connectivity index is 1.71. The third kappa shape index (κ3) is 3.88. The Bertz CT molecular complexity index is 1320. The van der Waals surface area contributed by atoms with Crippen molar-refractivity contribution < 1.29 is 17.9 Å². The zero-order valence-corrected chi connectivity index (χ0v) is 18.8. The molecular formula is C23H25N3O4S. The number of aromatic nitrogens is 1. The molecule has 3 aromatic rings. The van der Waals surface area contributed by atoms with Crippen LogP contribution in [0.3, 0.4) is 0 Å². The molecule has 0 bridgehead atoms. The molecule has 2 aromatic carbocycles. The molecule has 7 nitrogen and oxygen atoms in total. The van der Waals surface area contributed by atoms with Crippen LogP contribution in [0, 0.1) is 0 Å². The number of H-pyrrole nitrogens is 1. The highest BCUT2D eigenvalue weighted by Gasteiger charge is 2.39. The smallest absolute Gasteiger partial charge is 0.208 e. The number of aromatic amines is 1. The summed E-state index contributed by atoms with van der Waals surface area (Å²) in [5, 5.41) is 0.902. The fraction of sp³-hybridized carbons (Fsp3) is 0.304. The van der Waals surface area contributed by atoms with Crippen molar-refractivity contribution in [2.75, 3.05) is 26.5 Å². The molecule has 1 heterocycles. The molecule has 0 amide bonds. The summed E-state index contributed by atoms with van der Waals surface area (Å²) in [7, 11) is -1.53. The molecule has 1 aliphatic rings. The van der Waals surface area contributed by atoms with Gasteiger partial charge in [-0.2, -0.15) is 0 Å². The van der Waals surface area contributed by atoms with E-state index in [0.29, 0.717) is 16.9 Å². The summed E-state index contributed by atoms with van der Waals surface area (Å²) in [4.78, 5) is 20.9. The minimum Gasteiger partial charge on any atom is -0.492 e. The van der Waals surface area contributed by atoms with Gasteiger partial charge in [0.15, 0.2) is 5.78 Å². The predicted molar refractivity (Wildman–Crippen MR) is 122 cm³/mol. The van der Waals surface area contributed by atoms with Crippen molar-refractivity contribution in [2.24, 2.45) is 4.99 Å². The number of ether oxygens (including phenoxy) is 1. The minimum atomic E-state index is -3.26. The van der Waals surface area contributed by atoms with Gasteiger partial charge in [-0.25, -0.2) is 13.1 Å². The number of hydrogen-bond acceptors (Lipinski definition) is 5. The number of carbonyl (C=O) groups is 1. The lowest BCUT2D eigenvalue weighted by atomic mass is 9.71. The third-order valence-corrected chi connectivity index (χ3v) is 6.33. The predicted octanol–water partition coefficient (Wildman–Crippen LogP) is 3.01. The number of nitrogens with zero attached hydrogens (tertiary/aromatic N) is 1. The van der Waals surface area contributed by atoms with Crippen molar-refractivity contribution in [1.29, 1.82) is 0 Å². The van der Waals surface area contributed by atoms with Gasteiger partial charge in [-0.05, 0) is 35.4 Å². The second kappa shape index (κ2) is 7.62. The van der Waals surface area contributed by atoms with E-state index in [1.54, 1.807) is 25.4 Å². The van der Waals surface area contributed by atoms with E-state index in [1.807, 2.05) is 24.3 Å². The van der Waals surface area contributed by atoms with Crippen molar-refractivity contribution in [3.63, 3.8) is 0 Å². The van der Waals surface area contributed by atoms with Gasteiger partial charge in [0.2, 0.25) is 10.0 Å². The van der Waals surface area contributed by atoms with Gasteiger partial charge in [0.1, 0.15) is 12.4 Å². The van der Waals surface area contributed by atoms with Crippen LogP contribution >= 0.6 is 0 Å². The quantitative estimate of drug-likeness (QED) is 0.455. The summed E-state index contributed by atoms with van der Waals surface area (Å²) in [5.41, 5.74) is 4.54. The van der Waals surface area contributed by atoms with Gasteiger partial charge in [0.25, 0.3) is 0 Å². The highest BCUT2D eigenvalue weighted by Crippen LogP contribution is 2.44. The topological polar surface area (TPSA) is 101 Å². The minimum absolute atomic E-state index is 0.0159. The maximum Gasteiger partial charge on any atom is 0.208 e.